The van der Waals surface area contributed by atoms with E-state index < -0.39 is 11.7 Å². The van der Waals surface area contributed by atoms with E-state index in [1.54, 1.807) is 6.20 Å². The summed E-state index contributed by atoms with van der Waals surface area (Å²) in [5.74, 6) is 0.479. The van der Waals surface area contributed by atoms with Gasteiger partial charge in [0.25, 0.3) is 0 Å². The van der Waals surface area contributed by atoms with Crippen molar-refractivity contribution in [3.05, 3.63) is 67.1 Å². The third-order valence-electron chi connectivity index (χ3n) is 4.89. The molecule has 14 heteroatoms. The topological polar surface area (TPSA) is 123 Å². The van der Waals surface area contributed by atoms with Gasteiger partial charge in [-0.2, -0.15) is 33.2 Å². The first kappa shape index (κ1) is 23.0. The number of halogens is 3. The number of pyridine rings is 1. The molecule has 3 N–H and O–H groups in total. The van der Waals surface area contributed by atoms with Crippen molar-refractivity contribution in [1.82, 2.24) is 39.1 Å². The van der Waals surface area contributed by atoms with Crippen LogP contribution in [-0.2, 0) is 6.18 Å². The van der Waals surface area contributed by atoms with Gasteiger partial charge in [0.05, 0.1) is 11.3 Å². The molecule has 5 rings (SSSR count). The van der Waals surface area contributed by atoms with Crippen LogP contribution in [0.5, 0.6) is 0 Å². The van der Waals surface area contributed by atoms with Gasteiger partial charge in [-0.05, 0) is 38.1 Å². The normalized spacial score (nSPS) is 11.7. The van der Waals surface area contributed by atoms with Crippen LogP contribution >= 0.6 is 0 Å². The van der Waals surface area contributed by atoms with Crippen LogP contribution < -0.4 is 16.0 Å². The number of nitrogens with zero attached hydrogens (tertiary/aromatic N) is 8. The highest BCUT2D eigenvalue weighted by Crippen LogP contribution is 2.33. The minimum Gasteiger partial charge on any atom is -0.352 e. The van der Waals surface area contributed by atoms with Gasteiger partial charge in [-0.15, -0.1) is 0 Å². The van der Waals surface area contributed by atoms with Crippen LogP contribution in [-0.4, -0.2) is 45.1 Å². The highest BCUT2D eigenvalue weighted by molar-refractivity contribution is 5.64. The number of alkyl halides is 3. The summed E-state index contributed by atoms with van der Waals surface area (Å²) in [6.45, 7) is 3.82. The third-order valence-corrected chi connectivity index (χ3v) is 4.89. The first-order valence-electron chi connectivity index (χ1n) is 10.8. The first-order chi connectivity index (χ1) is 17.2. The van der Waals surface area contributed by atoms with Gasteiger partial charge in [-0.1, -0.05) is 0 Å². The van der Waals surface area contributed by atoms with Gasteiger partial charge >= 0.3 is 6.18 Å². The second-order valence-electron chi connectivity index (χ2n) is 8.07. The molecule has 11 nitrogen and oxygen atoms in total. The number of nitrogens with one attached hydrogen (secondary N) is 3. The van der Waals surface area contributed by atoms with Gasteiger partial charge in [0.2, 0.25) is 17.8 Å². The van der Waals surface area contributed by atoms with Gasteiger partial charge < -0.3 is 20.4 Å². The van der Waals surface area contributed by atoms with E-state index in [4.69, 9.17) is 0 Å². The van der Waals surface area contributed by atoms with E-state index in [2.05, 4.69) is 46.0 Å². The summed E-state index contributed by atoms with van der Waals surface area (Å²) in [6, 6.07) is 7.07. The number of hydrogen-bond donors (Lipinski definition) is 3. The van der Waals surface area contributed by atoms with Crippen LogP contribution in [0.4, 0.5) is 42.4 Å². The standard InChI is InChI=1S/C22H20F3N11/c1-13(2)29-19-32-20(30-15-3-5-35-6-4-27-18(35)10-15)34-21(33-19)31-16-7-14(22(23,24)25)8-17(9-16)36-12-26-11-28-36/h3-13H,1-2H3,(H3,29,30,31,32,33,34). The summed E-state index contributed by atoms with van der Waals surface area (Å²) in [4.78, 5) is 21.1. The fraction of sp³-hybridized carbons (Fsp3) is 0.182. The summed E-state index contributed by atoms with van der Waals surface area (Å²) < 4.78 is 43.8. The molecule has 0 radical (unpaired) electrons. The number of rotatable bonds is 7. The molecule has 0 saturated carbocycles. The molecule has 4 heterocycles. The molecule has 0 aliphatic carbocycles. The molecule has 0 saturated heterocycles. The van der Waals surface area contributed by atoms with Crippen molar-refractivity contribution >= 4 is 34.9 Å². The SMILES string of the molecule is CC(C)Nc1nc(Nc2cc(-n3cncn3)cc(C(F)(F)F)c2)nc(Nc2ccn3ccnc3c2)n1. The monoisotopic (exact) mass is 495 g/mol. The van der Waals surface area contributed by atoms with Crippen molar-refractivity contribution < 1.29 is 13.2 Å². The Morgan fingerprint density at radius 2 is 1.64 bits per heavy atom. The Morgan fingerprint density at radius 3 is 2.33 bits per heavy atom. The Balaban J connectivity index is 1.50. The number of imidazole rings is 1. The number of hydrogen-bond acceptors (Lipinski definition) is 9. The molecule has 0 fully saturated rings. The van der Waals surface area contributed by atoms with Crippen LogP contribution in [0.25, 0.3) is 11.3 Å². The summed E-state index contributed by atoms with van der Waals surface area (Å²) in [7, 11) is 0. The smallest absolute Gasteiger partial charge is 0.352 e. The lowest BCUT2D eigenvalue weighted by Crippen LogP contribution is -2.15. The van der Waals surface area contributed by atoms with Crippen molar-refractivity contribution in [3.8, 4) is 5.69 Å². The van der Waals surface area contributed by atoms with Gasteiger partial charge in [-0.25, -0.2) is 14.6 Å². The lowest BCUT2D eigenvalue weighted by molar-refractivity contribution is -0.137. The zero-order valence-electron chi connectivity index (χ0n) is 19.1. The van der Waals surface area contributed by atoms with E-state index in [0.29, 0.717) is 5.69 Å². The van der Waals surface area contributed by atoms with E-state index in [9.17, 15) is 13.2 Å². The number of anilines is 5. The van der Waals surface area contributed by atoms with Crippen molar-refractivity contribution in [1.29, 1.82) is 0 Å². The number of benzene rings is 1. The Kier molecular flexibility index (Phi) is 5.83. The van der Waals surface area contributed by atoms with Gasteiger partial charge in [0.1, 0.15) is 18.3 Å². The molecule has 0 aliphatic heterocycles. The minimum absolute atomic E-state index is 0.00171. The summed E-state index contributed by atoms with van der Waals surface area (Å²) in [5.41, 5.74) is 0.817. The van der Waals surface area contributed by atoms with E-state index in [1.165, 1.54) is 23.4 Å². The molecule has 4 aromatic heterocycles. The molecule has 0 atom stereocenters. The van der Waals surface area contributed by atoms with Gasteiger partial charge in [0, 0.05) is 42.1 Å². The first-order valence-corrected chi connectivity index (χ1v) is 10.8. The Bertz CT molecular complexity index is 1490. The van der Waals surface area contributed by atoms with Crippen molar-refractivity contribution in [2.75, 3.05) is 16.0 Å². The fourth-order valence-corrected chi connectivity index (χ4v) is 3.38. The third kappa shape index (κ3) is 5.16. The van der Waals surface area contributed by atoms with Crippen LogP contribution in [0, 0.1) is 0 Å². The van der Waals surface area contributed by atoms with Gasteiger partial charge in [-0.3, -0.25) is 0 Å². The number of fused-ring (bicyclic) bond motifs is 1. The lowest BCUT2D eigenvalue weighted by Gasteiger charge is -2.15. The Hall–Kier alpha value is -4.75. The molecular formula is C22H20F3N11. The van der Waals surface area contributed by atoms with E-state index in [-0.39, 0.29) is 35.3 Å². The van der Waals surface area contributed by atoms with Crippen LogP contribution in [0.1, 0.15) is 19.4 Å². The molecular weight excluding hydrogens is 475 g/mol. The average Bonchev–Trinajstić information content (AvgIpc) is 3.50. The summed E-state index contributed by atoms with van der Waals surface area (Å²) >= 11 is 0. The zero-order chi connectivity index (χ0) is 25.3. The maximum Gasteiger partial charge on any atom is 0.416 e. The predicted molar refractivity (Wildman–Crippen MR) is 127 cm³/mol. The predicted octanol–water partition coefficient (Wildman–Crippen LogP) is 4.43. The highest BCUT2D eigenvalue weighted by Gasteiger charge is 2.31. The van der Waals surface area contributed by atoms with Crippen LogP contribution in [0.15, 0.2) is 61.6 Å². The average molecular weight is 495 g/mol. The van der Waals surface area contributed by atoms with E-state index in [0.717, 1.165) is 17.8 Å². The molecule has 36 heavy (non-hydrogen) atoms. The second-order valence-corrected chi connectivity index (χ2v) is 8.07. The Labute approximate surface area is 202 Å². The van der Waals surface area contributed by atoms with Crippen LogP contribution in [0.2, 0.25) is 0 Å². The summed E-state index contributed by atoms with van der Waals surface area (Å²) in [6.07, 6.45) is 3.30. The lowest BCUT2D eigenvalue weighted by atomic mass is 10.1. The zero-order valence-corrected chi connectivity index (χ0v) is 19.1. The quantitative estimate of drug-likeness (QED) is 0.301. The molecule has 0 amide bonds. The summed E-state index contributed by atoms with van der Waals surface area (Å²) in [5, 5.41) is 13.0. The highest BCUT2D eigenvalue weighted by atomic mass is 19.4. The molecule has 5 aromatic rings. The molecule has 0 unspecified atom stereocenters. The largest absolute Gasteiger partial charge is 0.416 e. The fourth-order valence-electron chi connectivity index (χ4n) is 3.38. The molecule has 184 valence electrons. The van der Waals surface area contributed by atoms with Crippen molar-refractivity contribution in [2.45, 2.75) is 26.1 Å². The maximum absolute atomic E-state index is 13.6. The van der Waals surface area contributed by atoms with Crippen molar-refractivity contribution in [2.24, 2.45) is 0 Å². The molecule has 0 bridgehead atoms. The van der Waals surface area contributed by atoms with Gasteiger partial charge in [0.15, 0.2) is 0 Å². The molecule has 1 aromatic carbocycles. The van der Waals surface area contributed by atoms with E-state index >= 15 is 0 Å². The molecule has 0 spiro atoms. The van der Waals surface area contributed by atoms with E-state index in [1.807, 2.05) is 42.8 Å². The minimum atomic E-state index is -4.57. The van der Waals surface area contributed by atoms with Crippen molar-refractivity contribution in [3.63, 3.8) is 0 Å². The second kappa shape index (κ2) is 9.13. The molecule has 0 aliphatic rings. The maximum atomic E-state index is 13.6. The Morgan fingerprint density at radius 1 is 0.889 bits per heavy atom. The number of aromatic nitrogens is 8. The van der Waals surface area contributed by atoms with Crippen LogP contribution in [0.3, 0.4) is 0 Å².